The van der Waals surface area contributed by atoms with Crippen molar-refractivity contribution in [3.8, 4) is 0 Å². The third kappa shape index (κ3) is 5.01. The van der Waals surface area contributed by atoms with E-state index < -0.39 is 10.0 Å². The number of hydrogen-bond acceptors (Lipinski definition) is 6. The Labute approximate surface area is 152 Å². The van der Waals surface area contributed by atoms with E-state index in [9.17, 15) is 13.2 Å². The molecule has 0 spiro atoms. The number of ether oxygens (including phenoxy) is 1. The Morgan fingerprint density at radius 2 is 2.16 bits per heavy atom. The Balaban J connectivity index is 1.48. The van der Waals surface area contributed by atoms with Gasteiger partial charge in [-0.05, 0) is 44.0 Å². The molecule has 2 aliphatic heterocycles. The van der Waals surface area contributed by atoms with E-state index in [4.69, 9.17) is 4.74 Å². The molecule has 0 saturated carbocycles. The van der Waals surface area contributed by atoms with E-state index in [1.807, 2.05) is 0 Å². The van der Waals surface area contributed by atoms with E-state index in [1.54, 1.807) is 12.1 Å². The first-order valence-electron chi connectivity index (χ1n) is 8.70. The average Bonchev–Trinajstić information content (AvgIpc) is 3.31. The number of rotatable bonds is 7. The van der Waals surface area contributed by atoms with E-state index in [2.05, 4.69) is 10.6 Å². The first-order chi connectivity index (χ1) is 12.1. The highest BCUT2D eigenvalue weighted by atomic mass is 32.2. The smallest absolute Gasteiger partial charge is 0.252 e. The summed E-state index contributed by atoms with van der Waals surface area (Å²) < 4.78 is 32.1. The molecule has 1 amide bonds. The van der Waals surface area contributed by atoms with Gasteiger partial charge >= 0.3 is 0 Å². The monoisotopic (exact) mass is 387 g/mol. The fourth-order valence-electron chi connectivity index (χ4n) is 3.08. The second-order valence-corrected chi connectivity index (χ2v) is 9.74. The first-order valence-corrected chi connectivity index (χ1v) is 11.0. The van der Waals surface area contributed by atoms with Crippen LogP contribution < -0.4 is 10.6 Å². The van der Waals surface area contributed by atoms with E-state index >= 15 is 0 Å². The lowest BCUT2D eigenvalue weighted by molar-refractivity contribution is -0.121. The predicted molar refractivity (Wildman–Crippen MR) is 96.0 cm³/mol. The predicted octanol–water partition coefficient (Wildman–Crippen LogP) is 0.775. The van der Waals surface area contributed by atoms with Crippen molar-refractivity contribution in [3.63, 3.8) is 0 Å². The Hall–Kier alpha value is -1.00. The maximum atomic E-state index is 12.6. The number of carbonyl (C=O) groups excluding carboxylic acids is 1. The van der Waals surface area contributed by atoms with Crippen LogP contribution in [-0.4, -0.2) is 58.0 Å². The van der Waals surface area contributed by atoms with Crippen LogP contribution >= 0.6 is 11.3 Å². The molecule has 0 aliphatic carbocycles. The largest absolute Gasteiger partial charge is 0.379 e. The van der Waals surface area contributed by atoms with Gasteiger partial charge in [-0.3, -0.25) is 4.79 Å². The summed E-state index contributed by atoms with van der Waals surface area (Å²) in [6.45, 7) is 4.08. The van der Waals surface area contributed by atoms with Crippen molar-refractivity contribution >= 4 is 27.3 Å². The molecule has 2 fully saturated rings. The molecule has 0 radical (unpaired) electrons. The maximum absolute atomic E-state index is 12.6. The summed E-state index contributed by atoms with van der Waals surface area (Å²) in [7, 11) is -3.45. The molecule has 140 valence electrons. The Kier molecular flexibility index (Phi) is 6.45. The van der Waals surface area contributed by atoms with Crippen molar-refractivity contribution in [2.24, 2.45) is 5.92 Å². The number of nitrogens with one attached hydrogen (secondary N) is 2. The van der Waals surface area contributed by atoms with Gasteiger partial charge in [0.15, 0.2) is 0 Å². The lowest BCUT2D eigenvalue weighted by Gasteiger charge is -2.25. The molecule has 2 N–H and O–H groups in total. The van der Waals surface area contributed by atoms with Gasteiger partial charge in [0, 0.05) is 24.4 Å². The zero-order chi connectivity index (χ0) is 17.7. The van der Waals surface area contributed by atoms with Gasteiger partial charge in [0.05, 0.1) is 19.8 Å². The summed E-state index contributed by atoms with van der Waals surface area (Å²) in [5.41, 5.74) is 0. The number of thiophene rings is 1. The SMILES string of the molecule is O=C(CCC1CCNC1)NCc1ccc(S(=O)(=O)N2CCOCC2)s1. The third-order valence-corrected chi connectivity index (χ3v) is 8.05. The average molecular weight is 388 g/mol. The number of carbonyl (C=O) groups is 1. The molecule has 3 rings (SSSR count). The summed E-state index contributed by atoms with van der Waals surface area (Å²) in [5, 5.41) is 6.19. The van der Waals surface area contributed by atoms with Crippen LogP contribution in [0, 0.1) is 5.92 Å². The zero-order valence-electron chi connectivity index (χ0n) is 14.2. The quantitative estimate of drug-likeness (QED) is 0.722. The Morgan fingerprint density at radius 1 is 1.36 bits per heavy atom. The van der Waals surface area contributed by atoms with Crippen molar-refractivity contribution in [1.29, 1.82) is 0 Å². The fraction of sp³-hybridized carbons (Fsp3) is 0.688. The molecule has 25 heavy (non-hydrogen) atoms. The maximum Gasteiger partial charge on any atom is 0.252 e. The summed E-state index contributed by atoms with van der Waals surface area (Å²) >= 11 is 1.22. The van der Waals surface area contributed by atoms with E-state index in [0.717, 1.165) is 30.8 Å². The molecule has 1 aromatic heterocycles. The van der Waals surface area contributed by atoms with E-state index in [0.29, 0.717) is 49.4 Å². The van der Waals surface area contributed by atoms with Crippen LogP contribution in [0.15, 0.2) is 16.3 Å². The summed E-state index contributed by atoms with van der Waals surface area (Å²) in [6, 6.07) is 3.40. The topological polar surface area (TPSA) is 87.7 Å². The molecule has 1 atom stereocenters. The lowest BCUT2D eigenvalue weighted by atomic mass is 10.0. The number of amides is 1. The van der Waals surface area contributed by atoms with Gasteiger partial charge in [0.1, 0.15) is 4.21 Å². The highest BCUT2D eigenvalue weighted by molar-refractivity contribution is 7.91. The standard InChI is InChI=1S/C16H25N3O4S2/c20-15(3-1-13-5-6-17-11-13)18-12-14-2-4-16(24-14)25(21,22)19-7-9-23-10-8-19/h2,4,13,17H,1,3,5-12H2,(H,18,20). The third-order valence-electron chi connectivity index (χ3n) is 4.60. The minimum absolute atomic E-state index is 0.0258. The lowest BCUT2D eigenvalue weighted by Crippen LogP contribution is -2.40. The van der Waals surface area contributed by atoms with Crippen LogP contribution in [0.25, 0.3) is 0 Å². The molecule has 1 unspecified atom stereocenters. The summed E-state index contributed by atoms with van der Waals surface area (Å²) in [5.74, 6) is 0.621. The van der Waals surface area contributed by atoms with Crippen molar-refractivity contribution in [2.45, 2.75) is 30.0 Å². The van der Waals surface area contributed by atoms with Crippen LogP contribution in [0.2, 0.25) is 0 Å². The van der Waals surface area contributed by atoms with Crippen molar-refractivity contribution in [1.82, 2.24) is 14.9 Å². The molecule has 0 bridgehead atoms. The first kappa shape index (κ1) is 18.8. The number of nitrogens with zero attached hydrogens (tertiary/aromatic N) is 1. The Morgan fingerprint density at radius 3 is 2.88 bits per heavy atom. The van der Waals surface area contributed by atoms with Gasteiger partial charge in [-0.2, -0.15) is 4.31 Å². The van der Waals surface area contributed by atoms with Crippen LogP contribution in [0.1, 0.15) is 24.1 Å². The zero-order valence-corrected chi connectivity index (χ0v) is 15.8. The van der Waals surface area contributed by atoms with Crippen LogP contribution in [0.5, 0.6) is 0 Å². The Bertz CT molecular complexity index is 677. The van der Waals surface area contributed by atoms with E-state index in [-0.39, 0.29) is 5.91 Å². The second kappa shape index (κ2) is 8.59. The molecular weight excluding hydrogens is 362 g/mol. The van der Waals surface area contributed by atoms with Crippen molar-refractivity contribution < 1.29 is 17.9 Å². The molecule has 9 heteroatoms. The number of hydrogen-bond donors (Lipinski definition) is 2. The molecule has 0 aromatic carbocycles. The van der Waals surface area contributed by atoms with Gasteiger partial charge in [-0.15, -0.1) is 11.3 Å². The van der Waals surface area contributed by atoms with Crippen molar-refractivity contribution in [2.75, 3.05) is 39.4 Å². The highest BCUT2D eigenvalue weighted by Gasteiger charge is 2.27. The van der Waals surface area contributed by atoms with Crippen LogP contribution in [-0.2, 0) is 26.1 Å². The van der Waals surface area contributed by atoms with Gasteiger partial charge in [-0.1, -0.05) is 0 Å². The van der Waals surface area contributed by atoms with E-state index in [1.165, 1.54) is 15.6 Å². The second-order valence-electron chi connectivity index (χ2n) is 6.41. The molecular formula is C16H25N3O4S2. The minimum atomic E-state index is -3.45. The highest BCUT2D eigenvalue weighted by Crippen LogP contribution is 2.25. The summed E-state index contributed by atoms with van der Waals surface area (Å²) in [4.78, 5) is 12.8. The minimum Gasteiger partial charge on any atom is -0.379 e. The van der Waals surface area contributed by atoms with Gasteiger partial charge in [-0.25, -0.2) is 8.42 Å². The number of morpholine rings is 1. The molecule has 7 nitrogen and oxygen atoms in total. The molecule has 2 saturated heterocycles. The fourth-order valence-corrected chi connectivity index (χ4v) is 5.93. The molecule has 2 aliphatic rings. The van der Waals surface area contributed by atoms with Crippen LogP contribution in [0.3, 0.4) is 0 Å². The van der Waals surface area contributed by atoms with Gasteiger partial charge < -0.3 is 15.4 Å². The normalized spacial score (nSPS) is 22.2. The molecule has 1 aromatic rings. The van der Waals surface area contributed by atoms with Gasteiger partial charge in [0.2, 0.25) is 5.91 Å². The van der Waals surface area contributed by atoms with Crippen molar-refractivity contribution in [3.05, 3.63) is 17.0 Å². The summed E-state index contributed by atoms with van der Waals surface area (Å²) in [6.07, 6.45) is 2.57. The van der Waals surface area contributed by atoms with Crippen LogP contribution in [0.4, 0.5) is 0 Å². The molecule has 3 heterocycles. The number of sulfonamides is 1. The van der Waals surface area contributed by atoms with Gasteiger partial charge in [0.25, 0.3) is 10.0 Å².